The maximum absolute atomic E-state index is 4.57. The molecule has 0 spiro atoms. The summed E-state index contributed by atoms with van der Waals surface area (Å²) in [6.45, 7) is 11.9. The van der Waals surface area contributed by atoms with Crippen molar-refractivity contribution < 1.29 is 17.3 Å². The molecule has 0 heterocycles. The van der Waals surface area contributed by atoms with Gasteiger partial charge in [0, 0.05) is 12.4 Å². The molecule has 0 aliphatic rings. The van der Waals surface area contributed by atoms with Gasteiger partial charge in [-0.1, -0.05) is 106 Å². The third-order valence-electron chi connectivity index (χ3n) is 6.31. The Kier molecular flexibility index (Phi) is 12.4. The van der Waals surface area contributed by atoms with Gasteiger partial charge in [0.2, 0.25) is 0 Å². The first-order valence-electron chi connectivity index (χ1n) is 13.0. The average Bonchev–Trinajstić information content (AvgIpc) is 2.96. The monoisotopic (exact) mass is 620 g/mol. The molecule has 0 aromatic heterocycles. The third-order valence-corrected chi connectivity index (χ3v) is 6.31. The van der Waals surface area contributed by atoms with Crippen LogP contribution >= 0.6 is 9.69 Å². The number of fused-ring (bicyclic) bond motifs is 2. The van der Waals surface area contributed by atoms with Crippen molar-refractivity contribution in [2.45, 2.75) is 26.7 Å². The van der Waals surface area contributed by atoms with Crippen molar-refractivity contribution in [2.24, 2.45) is 9.98 Å². The summed E-state index contributed by atoms with van der Waals surface area (Å²) in [7, 11) is 4.57. The van der Waals surface area contributed by atoms with E-state index in [2.05, 4.69) is 150 Å². The van der Waals surface area contributed by atoms with Gasteiger partial charge in [-0.3, -0.25) is 9.98 Å². The van der Waals surface area contributed by atoms with Crippen LogP contribution in [0.1, 0.15) is 47.6 Å². The van der Waals surface area contributed by atoms with E-state index in [1.54, 1.807) is 0 Å². The summed E-state index contributed by atoms with van der Waals surface area (Å²) in [5.74, 6) is 0.586. The van der Waals surface area contributed by atoms with Gasteiger partial charge in [0.25, 0.3) is 0 Å². The second-order valence-corrected chi connectivity index (χ2v) is 9.64. The normalized spacial score (nSPS) is 11.0. The van der Waals surface area contributed by atoms with E-state index in [0.717, 1.165) is 11.1 Å². The van der Waals surface area contributed by atoms with Gasteiger partial charge in [0.05, 0.1) is 13.1 Å². The molecular weight excluding hydrogens is 585 g/mol. The Balaban J connectivity index is 0.000000272. The Morgan fingerprint density at radius 1 is 0.667 bits per heavy atom. The van der Waals surface area contributed by atoms with E-state index in [4.69, 9.17) is 0 Å². The fourth-order valence-corrected chi connectivity index (χ4v) is 4.33. The van der Waals surface area contributed by atoms with E-state index >= 15 is 0 Å². The molecule has 5 rings (SSSR count). The van der Waals surface area contributed by atoms with Gasteiger partial charge >= 0.3 is 27.0 Å². The number of rotatable bonds is 6. The van der Waals surface area contributed by atoms with E-state index in [0.29, 0.717) is 19.0 Å². The fraction of sp³-hybridized carbons (Fsp3) is 0.171. The van der Waals surface area contributed by atoms with Crippen LogP contribution in [0.3, 0.4) is 0 Å². The predicted molar refractivity (Wildman–Crippen MR) is 168 cm³/mol. The van der Waals surface area contributed by atoms with Crippen LogP contribution < -0.4 is 0 Å². The Hall–Kier alpha value is -3.26. The molecule has 0 saturated heterocycles. The van der Waals surface area contributed by atoms with Crippen LogP contribution in [0.25, 0.3) is 21.5 Å². The molecule has 0 fully saturated rings. The predicted octanol–water partition coefficient (Wildman–Crippen LogP) is 9.52. The zero-order valence-electron chi connectivity index (χ0n) is 22.8. The summed E-state index contributed by atoms with van der Waals surface area (Å²) in [5, 5.41) is 4.99. The van der Waals surface area contributed by atoms with Gasteiger partial charge in [0.15, 0.2) is 0 Å². The summed E-state index contributed by atoms with van der Waals surface area (Å²) < 4.78 is 0. The molecule has 0 bridgehead atoms. The zero-order chi connectivity index (χ0) is 28.0. The van der Waals surface area contributed by atoms with E-state index in [1.165, 1.54) is 38.2 Å². The Morgan fingerprint density at radius 2 is 1.13 bits per heavy atom. The van der Waals surface area contributed by atoms with Gasteiger partial charge in [-0.2, -0.15) is 18.6 Å². The van der Waals surface area contributed by atoms with E-state index in [-0.39, 0.29) is 0 Å². The molecule has 0 aliphatic carbocycles. The average molecular weight is 620 g/mol. The molecule has 200 valence electrons. The van der Waals surface area contributed by atoms with Crippen LogP contribution in [0.15, 0.2) is 113 Å². The van der Waals surface area contributed by atoms with Gasteiger partial charge < -0.3 is 0 Å². The number of aliphatic imine (C=N–C) groups is 2. The number of nitrogens with zero attached hydrogens (tertiary/aromatic N) is 2. The van der Waals surface area contributed by atoms with Crippen molar-refractivity contribution in [3.8, 4) is 0 Å². The van der Waals surface area contributed by atoms with Gasteiger partial charge in [-0.25, -0.2) is 0 Å². The first-order chi connectivity index (χ1) is 19.0. The van der Waals surface area contributed by atoms with Crippen LogP contribution in [0, 0.1) is 13.8 Å². The van der Waals surface area contributed by atoms with Gasteiger partial charge in [-0.05, 0) is 44.8 Å². The SMILES string of the molecule is C(=NCCN=Cc1ccc2ccccc2c1)c1ccc2ccccc2c1.[CH2-]c1cc(C)ccc1C(C)C.[Cl][Ru+]. The molecular formula is C35H35ClN2Ru. The van der Waals surface area contributed by atoms with Gasteiger partial charge in [-0.15, -0.1) is 17.2 Å². The molecule has 0 aliphatic heterocycles. The van der Waals surface area contributed by atoms with Crippen LogP contribution in [-0.2, 0) is 17.3 Å². The summed E-state index contributed by atoms with van der Waals surface area (Å²) >= 11 is 1.82. The third kappa shape index (κ3) is 9.46. The first kappa shape index (κ1) is 30.3. The van der Waals surface area contributed by atoms with Crippen molar-refractivity contribution in [1.29, 1.82) is 0 Å². The molecule has 5 aromatic rings. The van der Waals surface area contributed by atoms with Crippen molar-refractivity contribution in [1.82, 2.24) is 0 Å². The number of hydrogen-bond acceptors (Lipinski definition) is 2. The minimum atomic E-state index is 0.586. The summed E-state index contributed by atoms with van der Waals surface area (Å²) in [5.41, 5.74) is 6.07. The Bertz CT molecular complexity index is 1450. The molecule has 39 heavy (non-hydrogen) atoms. The van der Waals surface area contributed by atoms with Crippen LogP contribution in [0.4, 0.5) is 0 Å². The van der Waals surface area contributed by atoms with E-state index in [1.807, 2.05) is 29.7 Å². The van der Waals surface area contributed by atoms with E-state index < -0.39 is 0 Å². The minimum absolute atomic E-state index is 0.586. The fourth-order valence-electron chi connectivity index (χ4n) is 4.33. The van der Waals surface area contributed by atoms with Crippen molar-refractivity contribution in [3.05, 3.63) is 138 Å². The first-order valence-corrected chi connectivity index (χ1v) is 15.3. The van der Waals surface area contributed by atoms with Crippen molar-refractivity contribution >= 4 is 43.7 Å². The topological polar surface area (TPSA) is 24.7 Å². The van der Waals surface area contributed by atoms with Crippen molar-refractivity contribution in [2.75, 3.05) is 13.1 Å². The number of benzene rings is 5. The standard InChI is InChI=1S/C24H20N2.C11H15.ClH.Ru/c1-3-7-23-15-19(9-11-21(23)5-1)17-25-13-14-26-18-20-10-12-22-6-2-4-8-24(22)16-20;1-8(2)11-6-5-9(3)7-10(11)4;;/h1-12,15-18H,13-14H2;5-8H,4H2,1-3H3;1H;/q;-1;;+2/p-1. The molecule has 0 amide bonds. The molecule has 0 atom stereocenters. The van der Waals surface area contributed by atoms with Crippen LogP contribution in [0.2, 0.25) is 0 Å². The Morgan fingerprint density at radius 3 is 1.56 bits per heavy atom. The van der Waals surface area contributed by atoms with Crippen molar-refractivity contribution in [3.63, 3.8) is 0 Å². The molecule has 5 aromatic carbocycles. The van der Waals surface area contributed by atoms with Gasteiger partial charge in [0.1, 0.15) is 0 Å². The molecule has 0 N–H and O–H groups in total. The quantitative estimate of drug-likeness (QED) is 0.0783. The second kappa shape index (κ2) is 16.0. The number of halogens is 1. The number of hydrogen-bond donors (Lipinski definition) is 0. The second-order valence-electron chi connectivity index (χ2n) is 9.64. The van der Waals surface area contributed by atoms with Crippen LogP contribution in [0.5, 0.6) is 0 Å². The molecule has 2 nitrogen and oxygen atoms in total. The van der Waals surface area contributed by atoms with E-state index in [9.17, 15) is 0 Å². The molecule has 0 radical (unpaired) electrons. The number of aryl methyl sites for hydroxylation is 1. The summed E-state index contributed by atoms with van der Waals surface area (Å²) in [4.78, 5) is 8.98. The summed E-state index contributed by atoms with van der Waals surface area (Å²) in [6, 6.07) is 36.0. The zero-order valence-corrected chi connectivity index (χ0v) is 25.3. The van der Waals surface area contributed by atoms with Crippen LogP contribution in [-0.4, -0.2) is 25.5 Å². The Labute approximate surface area is 247 Å². The summed E-state index contributed by atoms with van der Waals surface area (Å²) in [6.07, 6.45) is 3.86. The molecule has 4 heteroatoms. The molecule has 0 unspecified atom stereocenters. The molecule has 0 saturated carbocycles. The maximum atomic E-state index is 4.57.